The van der Waals surface area contributed by atoms with E-state index in [0.29, 0.717) is 0 Å². The van der Waals surface area contributed by atoms with Crippen molar-refractivity contribution in [1.82, 2.24) is 5.32 Å². The van der Waals surface area contributed by atoms with Crippen LogP contribution in [0.15, 0.2) is 48.5 Å². The van der Waals surface area contributed by atoms with Gasteiger partial charge in [0.05, 0.1) is 5.92 Å². The second-order valence-corrected chi connectivity index (χ2v) is 14.5. The Morgan fingerprint density at radius 2 is 1.53 bits per heavy atom. The lowest BCUT2D eigenvalue weighted by Gasteiger charge is -2.31. The average Bonchev–Trinajstić information content (AvgIpc) is 3.00. The summed E-state index contributed by atoms with van der Waals surface area (Å²) in [7, 11) is -1.79. The van der Waals surface area contributed by atoms with Crippen molar-refractivity contribution in [2.45, 2.75) is 57.3 Å². The number of fused-ring (bicyclic) bond motifs is 3. The molecule has 156 valence electrons. The Balaban J connectivity index is 1.83. The fourth-order valence-corrected chi connectivity index (χ4v) is 4.40. The maximum atomic E-state index is 13.2. The molecule has 1 aliphatic carbocycles. The topological polar surface area (TPSA) is 72.2 Å². The van der Waals surface area contributed by atoms with E-state index in [1.165, 1.54) is 0 Å². The van der Waals surface area contributed by atoms with Crippen molar-refractivity contribution >= 4 is 19.9 Å². The molecule has 4 nitrogen and oxygen atoms in total. The Kier molecular flexibility index (Phi) is 5.91. The molecule has 5 heteroatoms. The molecule has 0 heterocycles. The van der Waals surface area contributed by atoms with Crippen LogP contribution in [0.25, 0.3) is 11.1 Å². The van der Waals surface area contributed by atoms with E-state index in [1.807, 2.05) is 48.5 Å². The zero-order chi connectivity index (χ0) is 22.1. The summed E-state index contributed by atoms with van der Waals surface area (Å²) in [5.41, 5.74) is 13.0. The van der Waals surface area contributed by atoms with Crippen molar-refractivity contribution in [3.63, 3.8) is 0 Å². The van der Waals surface area contributed by atoms with Crippen LogP contribution >= 0.6 is 0 Å². The maximum absolute atomic E-state index is 13.2. The molecule has 0 fully saturated rings. The van der Waals surface area contributed by atoms with Gasteiger partial charge in [0.25, 0.3) is 0 Å². The number of rotatable bonds is 4. The monoisotopic (exact) mass is 418 g/mol. The van der Waals surface area contributed by atoms with Crippen LogP contribution in [0, 0.1) is 11.5 Å². The molecule has 0 bridgehead atoms. The molecule has 3 N–H and O–H groups in total. The van der Waals surface area contributed by atoms with Crippen molar-refractivity contribution in [3.05, 3.63) is 59.7 Å². The van der Waals surface area contributed by atoms with E-state index in [-0.39, 0.29) is 17.4 Å². The van der Waals surface area contributed by atoms with Crippen LogP contribution in [-0.4, -0.2) is 25.9 Å². The standard InChI is InChI=1S/C25H30N2O2Si/c1-25(2,3)30(4,5)16-10-15-21(23(26)28)27-24(29)22-19-13-8-6-11-17(19)18-12-7-9-14-20(18)22/h6-9,11-14,21-22H,15H2,1-5H3,(H2,26,28)(H,27,29)/t21-/m0/s1. The van der Waals surface area contributed by atoms with Crippen molar-refractivity contribution in [1.29, 1.82) is 0 Å². The van der Waals surface area contributed by atoms with Gasteiger partial charge in [0.1, 0.15) is 14.1 Å². The van der Waals surface area contributed by atoms with Crippen molar-refractivity contribution in [3.8, 4) is 22.6 Å². The Bertz CT molecular complexity index is 995. The molecule has 0 saturated carbocycles. The number of benzene rings is 2. The van der Waals surface area contributed by atoms with Gasteiger partial charge >= 0.3 is 0 Å². The molecule has 1 aliphatic rings. The summed E-state index contributed by atoms with van der Waals surface area (Å²) in [5.74, 6) is 1.91. The molecule has 0 aliphatic heterocycles. The number of carbonyl (C=O) groups is 2. The van der Waals surface area contributed by atoms with Crippen molar-refractivity contribution < 1.29 is 9.59 Å². The van der Waals surface area contributed by atoms with Crippen LogP contribution < -0.4 is 11.1 Å². The first-order valence-corrected chi connectivity index (χ1v) is 13.3. The van der Waals surface area contributed by atoms with Gasteiger partial charge in [-0.15, -0.1) is 11.5 Å². The molecule has 2 aromatic carbocycles. The summed E-state index contributed by atoms with van der Waals surface area (Å²) in [6.45, 7) is 11.0. The predicted octanol–water partition coefficient (Wildman–Crippen LogP) is 4.21. The highest BCUT2D eigenvalue weighted by Gasteiger charge is 2.35. The maximum Gasteiger partial charge on any atom is 0.240 e. The molecule has 2 aromatic rings. The first-order valence-electron chi connectivity index (χ1n) is 10.3. The third-order valence-corrected chi connectivity index (χ3v) is 10.9. The van der Waals surface area contributed by atoms with Gasteiger partial charge in [-0.3, -0.25) is 9.59 Å². The van der Waals surface area contributed by atoms with Crippen LogP contribution in [0.1, 0.15) is 44.2 Å². The second-order valence-electron chi connectivity index (χ2n) is 9.45. The van der Waals surface area contributed by atoms with Gasteiger partial charge in [0, 0.05) is 6.42 Å². The van der Waals surface area contributed by atoms with Gasteiger partial charge in [-0.2, -0.15) is 0 Å². The first kappa shape index (κ1) is 21.9. The highest BCUT2D eigenvalue weighted by atomic mass is 28.3. The van der Waals surface area contributed by atoms with Crippen LogP contribution in [0.2, 0.25) is 18.1 Å². The molecule has 2 amide bonds. The van der Waals surface area contributed by atoms with E-state index in [9.17, 15) is 9.59 Å². The second kappa shape index (κ2) is 8.12. The summed E-state index contributed by atoms with van der Waals surface area (Å²) in [5, 5.41) is 2.99. The third kappa shape index (κ3) is 4.19. The molecule has 0 unspecified atom stereocenters. The van der Waals surface area contributed by atoms with Gasteiger partial charge in [0.15, 0.2) is 0 Å². The zero-order valence-electron chi connectivity index (χ0n) is 18.4. The fourth-order valence-electron chi connectivity index (χ4n) is 3.48. The summed E-state index contributed by atoms with van der Waals surface area (Å²) in [6.07, 6.45) is 0.226. The van der Waals surface area contributed by atoms with Crippen LogP contribution in [0.4, 0.5) is 0 Å². The number of carbonyl (C=O) groups excluding carboxylic acids is 2. The molecular formula is C25H30N2O2Si. The largest absolute Gasteiger partial charge is 0.368 e. The number of hydrogen-bond acceptors (Lipinski definition) is 2. The Hall–Kier alpha value is -2.84. The highest BCUT2D eigenvalue weighted by Crippen LogP contribution is 2.44. The SMILES string of the molecule is CC(C)(C)[Si](C)(C)C#CC[C@H](NC(=O)C1c2ccccc2-c2ccccc21)C(N)=O. The minimum absolute atomic E-state index is 0.128. The quantitative estimate of drug-likeness (QED) is 0.577. The van der Waals surface area contributed by atoms with E-state index < -0.39 is 25.9 Å². The lowest BCUT2D eigenvalue weighted by molar-refractivity contribution is -0.127. The van der Waals surface area contributed by atoms with Gasteiger partial charge in [0.2, 0.25) is 11.8 Å². The molecule has 0 saturated heterocycles. The van der Waals surface area contributed by atoms with E-state index in [0.717, 1.165) is 22.3 Å². The van der Waals surface area contributed by atoms with Crippen molar-refractivity contribution in [2.24, 2.45) is 5.73 Å². The molecule has 3 rings (SSSR count). The Labute approximate surface area is 180 Å². The Morgan fingerprint density at radius 1 is 1.03 bits per heavy atom. The zero-order valence-corrected chi connectivity index (χ0v) is 19.4. The first-order chi connectivity index (χ1) is 14.0. The molecular weight excluding hydrogens is 388 g/mol. The molecule has 30 heavy (non-hydrogen) atoms. The summed E-state index contributed by atoms with van der Waals surface area (Å²) in [6, 6.07) is 15.0. The Morgan fingerprint density at radius 3 is 2.00 bits per heavy atom. The minimum Gasteiger partial charge on any atom is -0.368 e. The normalized spacial score (nSPS) is 14.2. The number of amides is 2. The lowest BCUT2D eigenvalue weighted by Crippen LogP contribution is -2.46. The number of nitrogens with two attached hydrogens (primary N) is 1. The molecule has 0 aromatic heterocycles. The van der Waals surface area contributed by atoms with E-state index in [2.05, 4.69) is 50.6 Å². The van der Waals surface area contributed by atoms with E-state index in [4.69, 9.17) is 5.73 Å². The van der Waals surface area contributed by atoms with Crippen molar-refractivity contribution in [2.75, 3.05) is 0 Å². The molecule has 0 radical (unpaired) electrons. The van der Waals surface area contributed by atoms with E-state index in [1.54, 1.807) is 0 Å². The summed E-state index contributed by atoms with van der Waals surface area (Å²) < 4.78 is 0. The number of hydrogen-bond donors (Lipinski definition) is 2. The molecule has 1 atom stereocenters. The lowest BCUT2D eigenvalue weighted by atomic mass is 9.95. The van der Waals surface area contributed by atoms with Crippen LogP contribution in [0.5, 0.6) is 0 Å². The minimum atomic E-state index is -1.79. The van der Waals surface area contributed by atoms with Gasteiger partial charge in [-0.25, -0.2) is 0 Å². The third-order valence-electron chi connectivity index (χ3n) is 6.34. The smallest absolute Gasteiger partial charge is 0.240 e. The van der Waals surface area contributed by atoms with Gasteiger partial charge < -0.3 is 11.1 Å². The summed E-state index contributed by atoms with van der Waals surface area (Å²) in [4.78, 5) is 25.3. The average molecular weight is 419 g/mol. The summed E-state index contributed by atoms with van der Waals surface area (Å²) >= 11 is 0. The van der Waals surface area contributed by atoms with Gasteiger partial charge in [-0.1, -0.05) is 82.4 Å². The molecule has 0 spiro atoms. The van der Waals surface area contributed by atoms with Gasteiger partial charge in [-0.05, 0) is 27.3 Å². The van der Waals surface area contributed by atoms with Crippen LogP contribution in [0.3, 0.4) is 0 Å². The number of nitrogens with one attached hydrogen (secondary N) is 1. The highest BCUT2D eigenvalue weighted by molar-refractivity contribution is 6.87. The van der Waals surface area contributed by atoms with E-state index >= 15 is 0 Å². The predicted molar refractivity (Wildman–Crippen MR) is 124 cm³/mol. The van der Waals surface area contributed by atoms with Crippen LogP contribution in [-0.2, 0) is 9.59 Å². The number of primary amides is 1. The fraction of sp³-hybridized carbons (Fsp3) is 0.360.